The van der Waals surface area contributed by atoms with Gasteiger partial charge in [0.25, 0.3) is 0 Å². The van der Waals surface area contributed by atoms with Crippen molar-refractivity contribution in [3.05, 3.63) is 0 Å². The Labute approximate surface area is 100.0 Å². The Kier molecular flexibility index (Phi) is 4.22. The van der Waals surface area contributed by atoms with Crippen LogP contribution in [0.2, 0.25) is 0 Å². The lowest BCUT2D eigenvalue weighted by atomic mass is 9.85. The van der Waals surface area contributed by atoms with Gasteiger partial charge in [0.15, 0.2) is 0 Å². The zero-order chi connectivity index (χ0) is 11.5. The predicted octanol–water partition coefficient (Wildman–Crippen LogP) is 1.14. The molecule has 3 unspecified atom stereocenters. The molecular weight excluding hydrogens is 198 g/mol. The molecule has 1 aliphatic carbocycles. The molecule has 1 saturated carbocycles. The Hall–Kier alpha value is -0.120. The number of hydrogen-bond acceptors (Lipinski definition) is 3. The van der Waals surface area contributed by atoms with E-state index in [0.29, 0.717) is 6.04 Å². The molecule has 94 valence electrons. The minimum atomic E-state index is 0.592. The average molecular weight is 225 g/mol. The SMILES string of the molecule is CC1CCCC(N2CCN(C)CC2CN)C1. The molecule has 2 rings (SSSR count). The smallest absolute Gasteiger partial charge is 0.0349 e. The molecule has 1 aliphatic heterocycles. The maximum atomic E-state index is 5.93. The van der Waals surface area contributed by atoms with E-state index in [2.05, 4.69) is 23.8 Å². The third-order valence-corrected chi connectivity index (χ3v) is 4.38. The maximum Gasteiger partial charge on any atom is 0.0349 e. The fraction of sp³-hybridized carbons (Fsp3) is 1.00. The van der Waals surface area contributed by atoms with Crippen LogP contribution in [0.4, 0.5) is 0 Å². The summed E-state index contributed by atoms with van der Waals surface area (Å²) < 4.78 is 0. The van der Waals surface area contributed by atoms with Gasteiger partial charge in [-0.25, -0.2) is 0 Å². The van der Waals surface area contributed by atoms with E-state index in [1.165, 1.54) is 38.8 Å². The molecular formula is C13H27N3. The first-order valence-electron chi connectivity index (χ1n) is 6.85. The molecule has 3 atom stereocenters. The predicted molar refractivity (Wildman–Crippen MR) is 68.5 cm³/mol. The van der Waals surface area contributed by atoms with Crippen molar-refractivity contribution < 1.29 is 0 Å². The van der Waals surface area contributed by atoms with Gasteiger partial charge in [0.1, 0.15) is 0 Å². The first-order chi connectivity index (χ1) is 7.70. The topological polar surface area (TPSA) is 32.5 Å². The first-order valence-corrected chi connectivity index (χ1v) is 6.85. The minimum Gasteiger partial charge on any atom is -0.329 e. The number of nitrogens with zero attached hydrogens (tertiary/aromatic N) is 2. The number of rotatable bonds is 2. The largest absolute Gasteiger partial charge is 0.329 e. The van der Waals surface area contributed by atoms with Gasteiger partial charge in [-0.2, -0.15) is 0 Å². The van der Waals surface area contributed by atoms with E-state index in [9.17, 15) is 0 Å². The van der Waals surface area contributed by atoms with Crippen LogP contribution in [0.15, 0.2) is 0 Å². The Morgan fingerprint density at radius 2 is 2.06 bits per heavy atom. The van der Waals surface area contributed by atoms with Crippen LogP contribution >= 0.6 is 0 Å². The fourth-order valence-corrected chi connectivity index (χ4v) is 3.42. The van der Waals surface area contributed by atoms with Crippen molar-refractivity contribution >= 4 is 0 Å². The van der Waals surface area contributed by atoms with Crippen LogP contribution in [0, 0.1) is 5.92 Å². The third-order valence-electron chi connectivity index (χ3n) is 4.38. The van der Waals surface area contributed by atoms with Crippen molar-refractivity contribution in [3.63, 3.8) is 0 Å². The quantitative estimate of drug-likeness (QED) is 0.765. The number of piperazine rings is 1. The molecule has 2 N–H and O–H groups in total. The fourth-order valence-electron chi connectivity index (χ4n) is 3.42. The standard InChI is InChI=1S/C13H27N3/c1-11-4-3-5-12(8-11)16-7-6-15(2)10-13(16)9-14/h11-13H,3-10,14H2,1-2H3. The first kappa shape index (κ1) is 12.3. The number of likely N-dealkylation sites (N-methyl/N-ethyl adjacent to an activating group) is 1. The summed E-state index contributed by atoms with van der Waals surface area (Å²) in [4.78, 5) is 5.12. The molecule has 3 heteroatoms. The van der Waals surface area contributed by atoms with Crippen LogP contribution in [-0.2, 0) is 0 Å². The molecule has 0 amide bonds. The normalized spacial score (nSPS) is 38.8. The lowest BCUT2D eigenvalue weighted by molar-refractivity contribution is 0.0329. The molecule has 1 saturated heterocycles. The molecule has 0 bridgehead atoms. The van der Waals surface area contributed by atoms with Crippen LogP contribution in [0.5, 0.6) is 0 Å². The highest BCUT2D eigenvalue weighted by Gasteiger charge is 2.32. The molecule has 3 nitrogen and oxygen atoms in total. The molecule has 0 spiro atoms. The highest BCUT2D eigenvalue weighted by Crippen LogP contribution is 2.29. The van der Waals surface area contributed by atoms with E-state index in [-0.39, 0.29) is 0 Å². The van der Waals surface area contributed by atoms with Crippen LogP contribution in [0.1, 0.15) is 32.6 Å². The molecule has 0 radical (unpaired) electrons. The highest BCUT2D eigenvalue weighted by molar-refractivity contribution is 4.88. The monoisotopic (exact) mass is 225 g/mol. The van der Waals surface area contributed by atoms with Gasteiger partial charge in [0.05, 0.1) is 0 Å². The lowest BCUT2D eigenvalue weighted by Crippen LogP contribution is -2.58. The Bertz CT molecular complexity index is 219. The summed E-state index contributed by atoms with van der Waals surface area (Å²) in [7, 11) is 2.21. The Morgan fingerprint density at radius 3 is 2.75 bits per heavy atom. The van der Waals surface area contributed by atoms with Crippen LogP contribution in [0.25, 0.3) is 0 Å². The molecule has 0 aromatic heterocycles. The van der Waals surface area contributed by atoms with Crippen LogP contribution in [0.3, 0.4) is 0 Å². The van der Waals surface area contributed by atoms with Crippen LogP contribution < -0.4 is 5.73 Å². The van der Waals surface area contributed by atoms with Crippen LogP contribution in [-0.4, -0.2) is 55.1 Å². The zero-order valence-corrected chi connectivity index (χ0v) is 10.9. The molecule has 2 aliphatic rings. The van der Waals surface area contributed by atoms with Crippen molar-refractivity contribution in [2.45, 2.75) is 44.7 Å². The lowest BCUT2D eigenvalue weighted by Gasteiger charge is -2.46. The van der Waals surface area contributed by atoms with Crippen molar-refractivity contribution in [3.8, 4) is 0 Å². The van der Waals surface area contributed by atoms with Crippen molar-refractivity contribution in [1.29, 1.82) is 0 Å². The molecule has 1 heterocycles. The van der Waals surface area contributed by atoms with E-state index in [4.69, 9.17) is 5.73 Å². The summed E-state index contributed by atoms with van der Waals surface area (Å²) in [5.41, 5.74) is 5.93. The van der Waals surface area contributed by atoms with E-state index >= 15 is 0 Å². The van der Waals surface area contributed by atoms with Gasteiger partial charge in [-0.15, -0.1) is 0 Å². The summed E-state index contributed by atoms with van der Waals surface area (Å²) in [6.45, 7) is 6.80. The van der Waals surface area contributed by atoms with Crippen molar-refractivity contribution in [2.75, 3.05) is 33.2 Å². The van der Waals surface area contributed by atoms with Crippen molar-refractivity contribution in [2.24, 2.45) is 11.7 Å². The molecule has 2 fully saturated rings. The summed E-state index contributed by atoms with van der Waals surface area (Å²) in [5, 5.41) is 0. The van der Waals surface area contributed by atoms with Gasteiger partial charge in [0.2, 0.25) is 0 Å². The molecule has 16 heavy (non-hydrogen) atoms. The van der Waals surface area contributed by atoms with E-state index in [1.54, 1.807) is 0 Å². The van der Waals surface area contributed by atoms with Gasteiger partial charge >= 0.3 is 0 Å². The molecule has 0 aromatic carbocycles. The second kappa shape index (κ2) is 5.48. The zero-order valence-electron chi connectivity index (χ0n) is 10.9. The van der Waals surface area contributed by atoms with E-state index < -0.39 is 0 Å². The highest BCUT2D eigenvalue weighted by atomic mass is 15.3. The second-order valence-electron chi connectivity index (χ2n) is 5.82. The van der Waals surface area contributed by atoms with E-state index in [1.807, 2.05) is 0 Å². The summed E-state index contributed by atoms with van der Waals surface area (Å²) in [6.07, 6.45) is 5.62. The maximum absolute atomic E-state index is 5.93. The number of hydrogen-bond donors (Lipinski definition) is 1. The van der Waals surface area contributed by atoms with Gasteiger partial charge in [-0.1, -0.05) is 19.8 Å². The average Bonchev–Trinajstić information content (AvgIpc) is 2.28. The Morgan fingerprint density at radius 1 is 1.25 bits per heavy atom. The summed E-state index contributed by atoms with van der Waals surface area (Å²) >= 11 is 0. The Balaban J connectivity index is 1.95. The van der Waals surface area contributed by atoms with Crippen molar-refractivity contribution in [1.82, 2.24) is 9.80 Å². The van der Waals surface area contributed by atoms with Gasteiger partial charge < -0.3 is 10.6 Å². The summed E-state index contributed by atoms with van der Waals surface area (Å²) in [5.74, 6) is 0.914. The van der Waals surface area contributed by atoms with Gasteiger partial charge in [-0.3, -0.25) is 4.90 Å². The number of nitrogens with two attached hydrogens (primary N) is 1. The van der Waals surface area contributed by atoms with Gasteiger partial charge in [0, 0.05) is 38.3 Å². The van der Waals surface area contributed by atoms with E-state index in [0.717, 1.165) is 25.0 Å². The molecule has 0 aromatic rings. The second-order valence-corrected chi connectivity index (χ2v) is 5.82. The van der Waals surface area contributed by atoms with Gasteiger partial charge in [-0.05, 0) is 25.8 Å². The minimum absolute atomic E-state index is 0.592. The third kappa shape index (κ3) is 2.76. The summed E-state index contributed by atoms with van der Waals surface area (Å²) in [6, 6.07) is 1.40.